The summed E-state index contributed by atoms with van der Waals surface area (Å²) in [4.78, 5) is 15.0. The summed E-state index contributed by atoms with van der Waals surface area (Å²) < 4.78 is 5.35. The molecular formula is C26H33N3O2. The summed E-state index contributed by atoms with van der Waals surface area (Å²) in [5.41, 5.74) is 1.93. The number of piperidine rings is 1. The van der Waals surface area contributed by atoms with Crippen molar-refractivity contribution >= 4 is 11.6 Å². The van der Waals surface area contributed by atoms with Crippen LogP contribution in [0.4, 0.5) is 5.69 Å². The Morgan fingerprint density at radius 3 is 2.74 bits per heavy atom. The quantitative estimate of drug-likeness (QED) is 0.681. The number of rotatable bonds is 7. The van der Waals surface area contributed by atoms with Gasteiger partial charge in [-0.2, -0.15) is 5.26 Å². The highest BCUT2D eigenvalue weighted by molar-refractivity contribution is 5.76. The van der Waals surface area contributed by atoms with E-state index >= 15 is 0 Å². The van der Waals surface area contributed by atoms with Gasteiger partial charge in [-0.1, -0.05) is 12.8 Å². The van der Waals surface area contributed by atoms with Crippen molar-refractivity contribution in [1.29, 1.82) is 5.26 Å². The van der Waals surface area contributed by atoms with E-state index in [0.717, 1.165) is 25.3 Å². The van der Waals surface area contributed by atoms with E-state index in [1.807, 2.05) is 24.3 Å². The highest BCUT2D eigenvalue weighted by Gasteiger charge is 2.30. The van der Waals surface area contributed by atoms with Gasteiger partial charge in [-0.25, -0.2) is 0 Å². The normalized spacial score (nSPS) is 23.8. The van der Waals surface area contributed by atoms with Crippen molar-refractivity contribution in [2.24, 2.45) is 11.8 Å². The van der Waals surface area contributed by atoms with Crippen LogP contribution in [0.1, 0.15) is 62.7 Å². The minimum Gasteiger partial charge on any atom is -0.469 e. The van der Waals surface area contributed by atoms with Crippen LogP contribution >= 0.6 is 0 Å². The van der Waals surface area contributed by atoms with Gasteiger partial charge in [0.2, 0.25) is 5.91 Å². The molecule has 2 aromatic rings. The number of nitriles is 1. The zero-order chi connectivity index (χ0) is 21.5. The highest BCUT2D eigenvalue weighted by Crippen LogP contribution is 2.34. The van der Waals surface area contributed by atoms with Gasteiger partial charge in [0.05, 0.1) is 17.9 Å². The first-order valence-corrected chi connectivity index (χ1v) is 11.8. The first-order valence-electron chi connectivity index (χ1n) is 11.8. The minimum atomic E-state index is 0.149. The van der Waals surface area contributed by atoms with Crippen LogP contribution in [0.3, 0.4) is 0 Å². The number of hydrogen-bond donors (Lipinski definition) is 1. The molecule has 1 saturated carbocycles. The smallest absolute Gasteiger partial charge is 0.220 e. The van der Waals surface area contributed by atoms with Gasteiger partial charge in [-0.3, -0.25) is 4.79 Å². The fourth-order valence-electron chi connectivity index (χ4n) is 5.32. The average molecular weight is 420 g/mol. The van der Waals surface area contributed by atoms with Gasteiger partial charge >= 0.3 is 0 Å². The number of aryl methyl sites for hydroxylation is 1. The third-order valence-electron chi connectivity index (χ3n) is 6.95. The molecule has 1 aliphatic heterocycles. The standard InChI is InChI=1S/C26H33N3O2/c27-18-20-9-11-23(12-10-20)29-15-3-5-21(19-29)17-22-6-1-2-8-25(22)28-26(30)14-13-24-7-4-16-31-24/h4,7,9-12,16,21-22,25H,1-3,5-6,8,13-15,17,19H2,(H,28,30)/t21-,22+,25-/m1/s1. The van der Waals surface area contributed by atoms with Crippen LogP contribution in [-0.4, -0.2) is 25.0 Å². The number of carbonyl (C=O) groups excluding carboxylic acids is 1. The van der Waals surface area contributed by atoms with E-state index in [-0.39, 0.29) is 5.91 Å². The number of nitrogens with zero attached hydrogens (tertiary/aromatic N) is 2. The molecule has 0 radical (unpaired) electrons. The number of furan rings is 1. The maximum atomic E-state index is 12.5. The third-order valence-corrected chi connectivity index (χ3v) is 6.95. The summed E-state index contributed by atoms with van der Waals surface area (Å²) in [5, 5.41) is 12.4. The zero-order valence-electron chi connectivity index (χ0n) is 18.3. The first-order chi connectivity index (χ1) is 15.2. The van der Waals surface area contributed by atoms with Gasteiger partial charge in [0.1, 0.15) is 5.76 Å². The minimum absolute atomic E-state index is 0.149. The van der Waals surface area contributed by atoms with Crippen LogP contribution < -0.4 is 10.2 Å². The Morgan fingerprint density at radius 1 is 1.13 bits per heavy atom. The zero-order valence-corrected chi connectivity index (χ0v) is 18.3. The summed E-state index contributed by atoms with van der Waals surface area (Å²) >= 11 is 0. The molecule has 1 aliphatic carbocycles. The fourth-order valence-corrected chi connectivity index (χ4v) is 5.32. The Hall–Kier alpha value is -2.74. The van der Waals surface area contributed by atoms with Crippen molar-refractivity contribution in [3.63, 3.8) is 0 Å². The highest BCUT2D eigenvalue weighted by atomic mass is 16.3. The van der Waals surface area contributed by atoms with Gasteiger partial charge in [0.15, 0.2) is 0 Å². The molecule has 2 fully saturated rings. The Bertz CT molecular complexity index is 869. The molecule has 31 heavy (non-hydrogen) atoms. The van der Waals surface area contributed by atoms with E-state index in [4.69, 9.17) is 9.68 Å². The van der Waals surface area contributed by atoms with E-state index in [9.17, 15) is 4.79 Å². The van der Waals surface area contributed by atoms with Gasteiger partial charge in [-0.05, 0) is 80.3 Å². The molecule has 1 aromatic carbocycles. The molecule has 164 valence electrons. The lowest BCUT2D eigenvalue weighted by molar-refractivity contribution is -0.122. The number of amides is 1. The van der Waals surface area contributed by atoms with Gasteiger partial charge in [-0.15, -0.1) is 0 Å². The van der Waals surface area contributed by atoms with Crippen molar-refractivity contribution < 1.29 is 9.21 Å². The number of carbonyl (C=O) groups is 1. The van der Waals surface area contributed by atoms with Crippen molar-refractivity contribution in [2.45, 2.75) is 63.8 Å². The molecule has 3 atom stereocenters. The number of hydrogen-bond acceptors (Lipinski definition) is 4. The molecule has 1 saturated heterocycles. The van der Waals surface area contributed by atoms with Crippen LogP contribution in [0.15, 0.2) is 47.1 Å². The molecule has 0 spiro atoms. The van der Waals surface area contributed by atoms with Crippen LogP contribution in [0.5, 0.6) is 0 Å². The molecule has 2 aliphatic rings. The van der Waals surface area contributed by atoms with Gasteiger partial charge in [0.25, 0.3) is 0 Å². The number of anilines is 1. The Labute approximate surface area is 185 Å². The predicted octanol–water partition coefficient (Wildman–Crippen LogP) is 5.07. The lowest BCUT2D eigenvalue weighted by Crippen LogP contribution is -2.44. The van der Waals surface area contributed by atoms with E-state index in [1.54, 1.807) is 6.26 Å². The SMILES string of the molecule is N#Cc1ccc(N2CCC[C@H](C[C@@H]3CCCC[C@H]3NC(=O)CCc3ccco3)C2)cc1. The van der Waals surface area contributed by atoms with Crippen LogP contribution in [0.25, 0.3) is 0 Å². The molecule has 4 rings (SSSR count). The number of nitrogens with one attached hydrogen (secondary N) is 1. The van der Waals surface area contributed by atoms with Gasteiger partial charge < -0.3 is 14.6 Å². The maximum Gasteiger partial charge on any atom is 0.220 e. The second-order valence-electron chi connectivity index (χ2n) is 9.15. The van der Waals surface area contributed by atoms with Crippen molar-refractivity contribution in [2.75, 3.05) is 18.0 Å². The summed E-state index contributed by atoms with van der Waals surface area (Å²) in [6.45, 7) is 2.15. The van der Waals surface area contributed by atoms with E-state index < -0.39 is 0 Å². The topological polar surface area (TPSA) is 69.3 Å². The third kappa shape index (κ3) is 5.91. The Morgan fingerprint density at radius 2 is 1.97 bits per heavy atom. The molecule has 1 N–H and O–H groups in total. The summed E-state index contributed by atoms with van der Waals surface area (Å²) in [6.07, 6.45) is 11.3. The number of benzene rings is 1. The second-order valence-corrected chi connectivity index (χ2v) is 9.15. The molecule has 5 heteroatoms. The Balaban J connectivity index is 1.30. The monoisotopic (exact) mass is 419 g/mol. The summed E-state index contributed by atoms with van der Waals surface area (Å²) in [7, 11) is 0. The lowest BCUT2D eigenvalue weighted by atomic mass is 9.77. The van der Waals surface area contributed by atoms with E-state index in [2.05, 4.69) is 28.4 Å². The summed E-state index contributed by atoms with van der Waals surface area (Å²) in [6, 6.07) is 14.3. The van der Waals surface area contributed by atoms with Crippen LogP contribution in [-0.2, 0) is 11.2 Å². The molecule has 5 nitrogen and oxygen atoms in total. The Kier molecular flexibility index (Phi) is 7.30. The first kappa shape index (κ1) is 21.5. The predicted molar refractivity (Wildman–Crippen MR) is 122 cm³/mol. The average Bonchev–Trinajstić information content (AvgIpc) is 3.33. The summed E-state index contributed by atoms with van der Waals surface area (Å²) in [5.74, 6) is 2.26. The molecule has 0 unspecified atom stereocenters. The van der Waals surface area contributed by atoms with Crippen molar-refractivity contribution in [3.8, 4) is 6.07 Å². The molecule has 1 amide bonds. The lowest BCUT2D eigenvalue weighted by Gasteiger charge is -2.39. The van der Waals surface area contributed by atoms with Crippen LogP contribution in [0.2, 0.25) is 0 Å². The second kappa shape index (κ2) is 10.5. The van der Waals surface area contributed by atoms with Gasteiger partial charge in [0, 0.05) is 37.7 Å². The largest absolute Gasteiger partial charge is 0.469 e. The maximum absolute atomic E-state index is 12.5. The van der Waals surface area contributed by atoms with E-state index in [0.29, 0.717) is 36.3 Å². The molecular weight excluding hydrogens is 386 g/mol. The molecule has 0 bridgehead atoms. The van der Waals surface area contributed by atoms with Crippen molar-refractivity contribution in [3.05, 3.63) is 54.0 Å². The van der Waals surface area contributed by atoms with Crippen molar-refractivity contribution in [1.82, 2.24) is 5.32 Å². The molecule has 2 heterocycles. The van der Waals surface area contributed by atoms with Crippen LogP contribution in [0, 0.1) is 23.2 Å². The molecule has 1 aromatic heterocycles. The fraction of sp³-hybridized carbons (Fsp3) is 0.538. The van der Waals surface area contributed by atoms with E-state index in [1.165, 1.54) is 44.2 Å².